The van der Waals surface area contributed by atoms with Crippen LogP contribution < -0.4 is 0 Å². The van der Waals surface area contributed by atoms with Gasteiger partial charge >= 0.3 is 0 Å². The molecule has 0 N–H and O–H groups in total. The third-order valence-electron chi connectivity index (χ3n) is 3.15. The van der Waals surface area contributed by atoms with E-state index in [0.29, 0.717) is 11.8 Å². The lowest BCUT2D eigenvalue weighted by Gasteiger charge is -2.23. The molecule has 1 amide bonds. The minimum atomic E-state index is -0.0114. The molecule has 1 aliphatic rings. The summed E-state index contributed by atoms with van der Waals surface area (Å²) in [6.07, 6.45) is 4.35. The van der Waals surface area contributed by atoms with E-state index in [4.69, 9.17) is 4.52 Å². The van der Waals surface area contributed by atoms with Gasteiger partial charge in [-0.15, -0.1) is 0 Å². The fourth-order valence-corrected chi connectivity index (χ4v) is 2.65. The first-order chi connectivity index (χ1) is 8.22. The number of carbonyl (C=O) groups is 1. The Morgan fingerprint density at radius 3 is 3.18 bits per heavy atom. The molecule has 0 aliphatic carbocycles. The number of amides is 1. The first-order valence-electron chi connectivity index (χ1n) is 6.02. The van der Waals surface area contributed by atoms with Gasteiger partial charge in [0.25, 0.3) is 5.91 Å². The number of halogens is 1. The molecule has 17 heavy (non-hydrogen) atoms. The fraction of sp³-hybridized carbons (Fsp3) is 0.667. The summed E-state index contributed by atoms with van der Waals surface area (Å²) >= 11 is 3.43. The van der Waals surface area contributed by atoms with Crippen molar-refractivity contribution in [3.05, 3.63) is 17.5 Å². The molecule has 0 radical (unpaired) electrons. The van der Waals surface area contributed by atoms with E-state index in [0.717, 1.165) is 43.3 Å². The Balaban J connectivity index is 2.03. The van der Waals surface area contributed by atoms with Crippen LogP contribution >= 0.6 is 15.9 Å². The molecule has 1 aliphatic heterocycles. The summed E-state index contributed by atoms with van der Waals surface area (Å²) in [5, 5.41) is 4.76. The average molecular weight is 301 g/mol. The second-order valence-corrected chi connectivity index (χ2v) is 5.25. The number of aryl methyl sites for hydroxylation is 1. The molecule has 0 bridgehead atoms. The highest BCUT2D eigenvalue weighted by Crippen LogP contribution is 2.24. The van der Waals surface area contributed by atoms with Gasteiger partial charge in [0, 0.05) is 24.0 Å². The van der Waals surface area contributed by atoms with Gasteiger partial charge in [-0.25, -0.2) is 0 Å². The third-order valence-corrected chi connectivity index (χ3v) is 3.71. The van der Waals surface area contributed by atoms with Crippen molar-refractivity contribution in [3.8, 4) is 0 Å². The molecule has 1 aromatic rings. The van der Waals surface area contributed by atoms with Crippen LogP contribution in [0.4, 0.5) is 0 Å². The monoisotopic (exact) mass is 300 g/mol. The number of nitrogens with zero attached hydrogens (tertiary/aromatic N) is 2. The first kappa shape index (κ1) is 12.6. The number of aromatic nitrogens is 1. The van der Waals surface area contributed by atoms with Crippen LogP contribution in [0.15, 0.2) is 10.6 Å². The van der Waals surface area contributed by atoms with Crippen LogP contribution in [0.3, 0.4) is 0 Å². The summed E-state index contributed by atoms with van der Waals surface area (Å²) in [5.74, 6) is 0.357. The van der Waals surface area contributed by atoms with Gasteiger partial charge in [-0.3, -0.25) is 4.79 Å². The minimum absolute atomic E-state index is 0.0114. The minimum Gasteiger partial charge on any atom is -0.351 e. The molecule has 0 aromatic carbocycles. The van der Waals surface area contributed by atoms with Crippen molar-refractivity contribution in [1.29, 1.82) is 0 Å². The zero-order chi connectivity index (χ0) is 12.3. The second kappa shape index (κ2) is 5.67. The summed E-state index contributed by atoms with van der Waals surface area (Å²) < 4.78 is 5.04. The van der Waals surface area contributed by atoms with Gasteiger partial charge in [0.2, 0.25) is 5.76 Å². The summed E-state index contributed by atoms with van der Waals surface area (Å²) in [6.45, 7) is 2.66. The van der Waals surface area contributed by atoms with Crippen molar-refractivity contribution in [1.82, 2.24) is 10.1 Å². The van der Waals surface area contributed by atoms with Crippen molar-refractivity contribution < 1.29 is 9.32 Å². The predicted octanol–water partition coefficient (Wildman–Crippen LogP) is 2.76. The van der Waals surface area contributed by atoms with Crippen molar-refractivity contribution >= 4 is 21.8 Å². The summed E-state index contributed by atoms with van der Waals surface area (Å²) in [6, 6.07) is 2.08. The maximum Gasteiger partial charge on any atom is 0.292 e. The van der Waals surface area contributed by atoms with Crippen molar-refractivity contribution in [2.45, 2.75) is 38.6 Å². The van der Waals surface area contributed by atoms with Crippen molar-refractivity contribution in [3.63, 3.8) is 0 Å². The lowest BCUT2D eigenvalue weighted by molar-refractivity contribution is 0.0688. The Kier molecular flexibility index (Phi) is 4.20. The van der Waals surface area contributed by atoms with E-state index in [2.05, 4.69) is 21.1 Å². The summed E-state index contributed by atoms with van der Waals surface area (Å²) in [7, 11) is 0. The zero-order valence-electron chi connectivity index (χ0n) is 9.99. The van der Waals surface area contributed by atoms with Gasteiger partial charge in [-0.2, -0.15) is 0 Å². The normalized spacial score (nSPS) is 19.9. The number of hydrogen-bond acceptors (Lipinski definition) is 3. The highest BCUT2D eigenvalue weighted by Gasteiger charge is 2.30. The summed E-state index contributed by atoms with van der Waals surface area (Å²) in [5.41, 5.74) is 0.754. The number of hydrogen-bond donors (Lipinski definition) is 0. The van der Waals surface area contributed by atoms with Crippen LogP contribution in [0.25, 0.3) is 0 Å². The molecule has 94 valence electrons. The van der Waals surface area contributed by atoms with E-state index in [-0.39, 0.29) is 5.91 Å². The molecule has 2 rings (SSSR count). The van der Waals surface area contributed by atoms with E-state index in [1.54, 1.807) is 6.07 Å². The molecule has 1 atom stereocenters. The van der Waals surface area contributed by atoms with Crippen LogP contribution in [-0.4, -0.2) is 33.9 Å². The average Bonchev–Trinajstić information content (AvgIpc) is 2.94. The molecular weight excluding hydrogens is 284 g/mol. The van der Waals surface area contributed by atoms with Crippen LogP contribution in [0.1, 0.15) is 41.9 Å². The molecule has 0 saturated carbocycles. The third kappa shape index (κ3) is 2.89. The van der Waals surface area contributed by atoms with Gasteiger partial charge in [-0.05, 0) is 32.6 Å². The highest BCUT2D eigenvalue weighted by molar-refractivity contribution is 9.09. The van der Waals surface area contributed by atoms with Crippen LogP contribution in [-0.2, 0) is 0 Å². The molecule has 1 saturated heterocycles. The molecule has 5 heteroatoms. The van der Waals surface area contributed by atoms with E-state index in [1.165, 1.54) is 0 Å². The quantitative estimate of drug-likeness (QED) is 0.803. The first-order valence-corrected chi connectivity index (χ1v) is 7.15. The van der Waals surface area contributed by atoms with Crippen molar-refractivity contribution in [2.24, 2.45) is 0 Å². The zero-order valence-corrected chi connectivity index (χ0v) is 11.6. The van der Waals surface area contributed by atoms with E-state index in [1.807, 2.05) is 11.8 Å². The Labute approximate surface area is 109 Å². The Hall–Kier alpha value is -0.840. The lowest BCUT2D eigenvalue weighted by Crippen LogP contribution is -2.35. The molecule has 2 heterocycles. The molecule has 1 unspecified atom stereocenters. The summed E-state index contributed by atoms with van der Waals surface area (Å²) in [4.78, 5) is 14.1. The van der Waals surface area contributed by atoms with E-state index < -0.39 is 0 Å². The van der Waals surface area contributed by atoms with Gasteiger partial charge in [-0.1, -0.05) is 21.1 Å². The molecule has 0 spiro atoms. The highest BCUT2D eigenvalue weighted by atomic mass is 79.9. The maximum atomic E-state index is 12.2. The van der Waals surface area contributed by atoms with Crippen LogP contribution in [0.5, 0.6) is 0 Å². The van der Waals surface area contributed by atoms with E-state index in [9.17, 15) is 4.79 Å². The van der Waals surface area contributed by atoms with Crippen molar-refractivity contribution in [2.75, 3.05) is 11.9 Å². The smallest absolute Gasteiger partial charge is 0.292 e. The Morgan fingerprint density at radius 2 is 2.53 bits per heavy atom. The SMILES string of the molecule is Cc1cc(C(=O)N2CCCC2CCCBr)on1. The van der Waals surface area contributed by atoms with E-state index >= 15 is 0 Å². The largest absolute Gasteiger partial charge is 0.351 e. The maximum absolute atomic E-state index is 12.2. The Morgan fingerprint density at radius 1 is 1.71 bits per heavy atom. The van der Waals surface area contributed by atoms with Crippen LogP contribution in [0, 0.1) is 6.92 Å². The molecule has 4 nitrogen and oxygen atoms in total. The number of rotatable bonds is 4. The number of carbonyl (C=O) groups excluding carboxylic acids is 1. The molecule has 1 fully saturated rings. The predicted molar refractivity (Wildman–Crippen MR) is 68.3 cm³/mol. The number of alkyl halides is 1. The lowest BCUT2D eigenvalue weighted by atomic mass is 10.1. The fourth-order valence-electron chi connectivity index (χ4n) is 2.32. The van der Waals surface area contributed by atoms with Gasteiger partial charge in [0.15, 0.2) is 0 Å². The van der Waals surface area contributed by atoms with Gasteiger partial charge in [0.05, 0.1) is 5.69 Å². The Bertz CT molecular complexity index is 392. The van der Waals surface area contributed by atoms with Gasteiger partial charge in [0.1, 0.15) is 0 Å². The second-order valence-electron chi connectivity index (χ2n) is 4.46. The molecule has 1 aromatic heterocycles. The van der Waals surface area contributed by atoms with Gasteiger partial charge < -0.3 is 9.42 Å². The topological polar surface area (TPSA) is 46.3 Å². The molecular formula is C12H17BrN2O2. The van der Waals surface area contributed by atoms with Crippen LogP contribution in [0.2, 0.25) is 0 Å². The standard InChI is InChI=1S/C12H17BrN2O2/c1-9-8-11(17-14-9)12(16)15-7-3-5-10(15)4-2-6-13/h8,10H,2-7H2,1H3. The number of likely N-dealkylation sites (tertiary alicyclic amines) is 1.